The maximum Gasteiger partial charge on any atom is 0.267 e. The molecule has 5 heteroatoms. The third kappa shape index (κ3) is 3.50. The molecule has 4 nitrogen and oxygen atoms in total. The van der Waals surface area contributed by atoms with Crippen LogP contribution in [0.3, 0.4) is 0 Å². The maximum atomic E-state index is 14.4. The van der Waals surface area contributed by atoms with Gasteiger partial charge in [-0.15, -0.1) is 0 Å². The fourth-order valence-corrected chi connectivity index (χ4v) is 7.11. The van der Waals surface area contributed by atoms with Gasteiger partial charge in [0.15, 0.2) is 0 Å². The highest BCUT2D eigenvalue weighted by Crippen LogP contribution is 2.57. The van der Waals surface area contributed by atoms with Gasteiger partial charge in [0.05, 0.1) is 10.9 Å². The van der Waals surface area contributed by atoms with Gasteiger partial charge >= 0.3 is 0 Å². The molecule has 0 radical (unpaired) electrons. The summed E-state index contributed by atoms with van der Waals surface area (Å²) in [5.41, 5.74) is 2.05. The van der Waals surface area contributed by atoms with Crippen LogP contribution in [0.25, 0.3) is 10.8 Å². The smallest absolute Gasteiger partial charge is 0.267 e. The normalized spacial score (nSPS) is 16.9. The summed E-state index contributed by atoms with van der Waals surface area (Å²) in [5, 5.41) is 2.04. The van der Waals surface area contributed by atoms with E-state index in [9.17, 15) is 13.2 Å². The number of rotatable bonds is 5. The molecular formula is C32H25NO3S. The van der Waals surface area contributed by atoms with Gasteiger partial charge in [0, 0.05) is 0 Å². The number of amides is 1. The van der Waals surface area contributed by atoms with Crippen molar-refractivity contribution in [1.82, 2.24) is 4.31 Å². The predicted octanol–water partition coefficient (Wildman–Crippen LogP) is 6.41. The van der Waals surface area contributed by atoms with Crippen molar-refractivity contribution in [3.05, 3.63) is 150 Å². The molecule has 1 unspecified atom stereocenters. The Labute approximate surface area is 216 Å². The summed E-state index contributed by atoms with van der Waals surface area (Å²) in [4.78, 5) is 14.5. The first-order valence-corrected chi connectivity index (χ1v) is 13.6. The van der Waals surface area contributed by atoms with Gasteiger partial charge in [-0.3, -0.25) is 4.79 Å². The molecule has 0 aromatic heterocycles. The maximum absolute atomic E-state index is 14.4. The molecule has 37 heavy (non-hydrogen) atoms. The lowest BCUT2D eigenvalue weighted by Gasteiger charge is -2.55. The number of aryl methyl sites for hydroxylation is 1. The van der Waals surface area contributed by atoms with Crippen molar-refractivity contribution in [2.45, 2.75) is 23.3 Å². The Hall–Kier alpha value is -4.22. The molecule has 5 aromatic rings. The highest BCUT2D eigenvalue weighted by molar-refractivity contribution is 7.89. The van der Waals surface area contributed by atoms with Gasteiger partial charge in [0.1, 0.15) is 5.41 Å². The molecule has 1 heterocycles. The Morgan fingerprint density at radius 1 is 0.649 bits per heavy atom. The summed E-state index contributed by atoms with van der Waals surface area (Å²) in [6.07, 6.45) is 0. The van der Waals surface area contributed by atoms with Gasteiger partial charge in [-0.25, -0.2) is 12.7 Å². The van der Waals surface area contributed by atoms with Crippen LogP contribution >= 0.6 is 0 Å². The lowest BCUT2D eigenvalue weighted by molar-refractivity contribution is -0.147. The first-order valence-electron chi connectivity index (χ1n) is 12.2. The van der Waals surface area contributed by atoms with Crippen LogP contribution < -0.4 is 0 Å². The molecule has 1 aliphatic heterocycles. The highest BCUT2D eigenvalue weighted by Gasteiger charge is 2.67. The molecule has 1 atom stereocenters. The van der Waals surface area contributed by atoms with E-state index in [-0.39, 0.29) is 4.90 Å². The lowest BCUT2D eigenvalue weighted by Crippen LogP contribution is -2.68. The Balaban J connectivity index is 1.64. The number of fused-ring (bicyclic) bond motifs is 1. The second-order valence-corrected chi connectivity index (χ2v) is 11.3. The molecule has 0 N–H and O–H groups in total. The minimum atomic E-state index is -4.12. The molecule has 0 saturated carbocycles. The molecule has 182 valence electrons. The Kier molecular flexibility index (Phi) is 5.46. The number of nitrogens with zero attached hydrogens (tertiary/aromatic N) is 1. The molecule has 1 aliphatic rings. The minimum absolute atomic E-state index is 0.104. The Bertz CT molecular complexity index is 1670. The van der Waals surface area contributed by atoms with E-state index in [0.29, 0.717) is 0 Å². The van der Waals surface area contributed by atoms with Crippen LogP contribution in [0.4, 0.5) is 0 Å². The average molecular weight is 504 g/mol. The van der Waals surface area contributed by atoms with E-state index in [1.165, 1.54) is 0 Å². The molecule has 0 aliphatic carbocycles. The molecule has 0 spiro atoms. The molecule has 1 fully saturated rings. The van der Waals surface area contributed by atoms with E-state index in [1.807, 2.05) is 110 Å². The zero-order chi connectivity index (χ0) is 25.6. The molecule has 5 aromatic carbocycles. The van der Waals surface area contributed by atoms with Gasteiger partial charge in [-0.05, 0) is 52.6 Å². The van der Waals surface area contributed by atoms with Crippen LogP contribution in [-0.2, 0) is 20.2 Å². The zero-order valence-electron chi connectivity index (χ0n) is 20.3. The van der Waals surface area contributed by atoms with Gasteiger partial charge in [-0.1, -0.05) is 115 Å². The third-order valence-electron chi connectivity index (χ3n) is 7.31. The Morgan fingerprint density at radius 2 is 1.19 bits per heavy atom. The molecule has 1 amide bonds. The number of benzene rings is 5. The van der Waals surface area contributed by atoms with Crippen molar-refractivity contribution < 1.29 is 13.2 Å². The summed E-state index contributed by atoms with van der Waals surface area (Å²) in [7, 11) is -4.12. The van der Waals surface area contributed by atoms with E-state index >= 15 is 0 Å². The molecule has 0 bridgehead atoms. The second-order valence-electron chi connectivity index (χ2n) is 9.47. The number of carbonyl (C=O) groups excluding carboxylic acids is 1. The number of β-lactam (4-membered cyclic amide) rings is 1. The van der Waals surface area contributed by atoms with Crippen LogP contribution in [0.2, 0.25) is 0 Å². The summed E-state index contributed by atoms with van der Waals surface area (Å²) < 4.78 is 29.2. The fourth-order valence-electron chi connectivity index (χ4n) is 5.48. The fraction of sp³-hybridized carbons (Fsp3) is 0.0938. The summed E-state index contributed by atoms with van der Waals surface area (Å²) in [6.45, 7) is 1.90. The first kappa shape index (κ1) is 23.2. The van der Waals surface area contributed by atoms with Gasteiger partial charge in [-0.2, -0.15) is 0 Å². The van der Waals surface area contributed by atoms with Gasteiger partial charge in [0.25, 0.3) is 15.9 Å². The van der Waals surface area contributed by atoms with Crippen LogP contribution in [-0.4, -0.2) is 18.6 Å². The molecule has 1 saturated heterocycles. The van der Waals surface area contributed by atoms with E-state index in [4.69, 9.17) is 0 Å². The minimum Gasteiger partial charge on any atom is -0.272 e. The summed E-state index contributed by atoms with van der Waals surface area (Å²) in [6, 6.07) is 38.8. The standard InChI is InChI=1S/C32H25NO3S/c1-23-16-20-29(21-17-23)37(35,36)33-30(26-19-18-24-10-8-9-11-25(24)22-26)32(31(33)34,27-12-4-2-5-13-27)28-14-6-3-7-15-28/h2-22,30H,1H3. The second kappa shape index (κ2) is 8.71. The van der Waals surface area contributed by atoms with Crippen LogP contribution in [0.1, 0.15) is 28.3 Å². The van der Waals surface area contributed by atoms with Crippen LogP contribution in [0, 0.1) is 6.92 Å². The van der Waals surface area contributed by atoms with Crippen molar-refractivity contribution in [1.29, 1.82) is 0 Å². The van der Waals surface area contributed by atoms with Gasteiger partial charge in [0.2, 0.25) is 0 Å². The molecule has 6 rings (SSSR count). The van der Waals surface area contributed by atoms with Crippen molar-refractivity contribution in [3.8, 4) is 0 Å². The summed E-state index contributed by atoms with van der Waals surface area (Å²) in [5.74, 6) is -0.455. The average Bonchev–Trinajstić information content (AvgIpc) is 2.93. The van der Waals surface area contributed by atoms with Crippen molar-refractivity contribution in [3.63, 3.8) is 0 Å². The van der Waals surface area contributed by atoms with Crippen LogP contribution in [0.15, 0.2) is 132 Å². The summed E-state index contributed by atoms with van der Waals surface area (Å²) >= 11 is 0. The zero-order valence-corrected chi connectivity index (χ0v) is 21.1. The van der Waals surface area contributed by atoms with Crippen molar-refractivity contribution in [2.24, 2.45) is 0 Å². The monoisotopic (exact) mass is 503 g/mol. The third-order valence-corrected chi connectivity index (χ3v) is 9.07. The highest BCUT2D eigenvalue weighted by atomic mass is 32.2. The SMILES string of the molecule is Cc1ccc(S(=O)(=O)N2C(=O)C(c3ccccc3)(c3ccccc3)C2c2ccc3ccccc3c2)cc1. The lowest BCUT2D eigenvalue weighted by atomic mass is 9.61. The Morgan fingerprint density at radius 3 is 1.78 bits per heavy atom. The van der Waals surface area contributed by atoms with Gasteiger partial charge < -0.3 is 0 Å². The van der Waals surface area contributed by atoms with E-state index in [1.54, 1.807) is 24.3 Å². The number of carbonyl (C=O) groups is 1. The van der Waals surface area contributed by atoms with E-state index in [2.05, 4.69) is 0 Å². The van der Waals surface area contributed by atoms with E-state index in [0.717, 1.165) is 37.3 Å². The number of hydrogen-bond donors (Lipinski definition) is 0. The first-order chi connectivity index (χ1) is 17.9. The largest absolute Gasteiger partial charge is 0.272 e. The van der Waals surface area contributed by atoms with Crippen molar-refractivity contribution >= 4 is 26.7 Å². The quantitative estimate of drug-likeness (QED) is 0.261. The van der Waals surface area contributed by atoms with Crippen molar-refractivity contribution in [2.75, 3.05) is 0 Å². The number of hydrogen-bond acceptors (Lipinski definition) is 3. The topological polar surface area (TPSA) is 54.5 Å². The predicted molar refractivity (Wildman–Crippen MR) is 146 cm³/mol. The van der Waals surface area contributed by atoms with Crippen LogP contribution in [0.5, 0.6) is 0 Å². The number of sulfonamides is 1. The van der Waals surface area contributed by atoms with E-state index < -0.39 is 27.4 Å². The molecular weight excluding hydrogens is 478 g/mol.